The van der Waals surface area contributed by atoms with Crippen molar-refractivity contribution in [2.75, 3.05) is 43.5 Å². The standard InChI is InChI=1S/C28H33N3O6S/c1-6-30(7-2)28(33)23-10-8-9-11-24(23)29-27(32)19-31(25-18-21(36-4)14-17-26(25)37-5)38(34,35)22-15-12-20(3)13-16-22/h8-18H,6-7,19H2,1-5H3,(H,29,32). The molecule has 3 aromatic carbocycles. The van der Waals surface area contributed by atoms with Gasteiger partial charge >= 0.3 is 0 Å². The van der Waals surface area contributed by atoms with E-state index in [0.29, 0.717) is 30.1 Å². The van der Waals surface area contributed by atoms with Crippen LogP contribution in [0.3, 0.4) is 0 Å². The van der Waals surface area contributed by atoms with Gasteiger partial charge in [0.1, 0.15) is 18.0 Å². The molecule has 0 spiro atoms. The first-order valence-corrected chi connectivity index (χ1v) is 13.6. The largest absolute Gasteiger partial charge is 0.497 e. The smallest absolute Gasteiger partial charge is 0.264 e. The lowest BCUT2D eigenvalue weighted by molar-refractivity contribution is -0.114. The molecule has 0 saturated carbocycles. The molecule has 0 unspecified atom stereocenters. The number of anilines is 2. The number of nitrogens with zero attached hydrogens (tertiary/aromatic N) is 2. The Morgan fingerprint density at radius 3 is 2.16 bits per heavy atom. The van der Waals surface area contributed by atoms with Gasteiger partial charge in [-0.15, -0.1) is 0 Å². The van der Waals surface area contributed by atoms with Crippen molar-refractivity contribution < 1.29 is 27.5 Å². The van der Waals surface area contributed by atoms with E-state index in [2.05, 4.69) is 5.32 Å². The average molecular weight is 540 g/mol. The van der Waals surface area contributed by atoms with Gasteiger partial charge in [-0.25, -0.2) is 8.42 Å². The third-order valence-electron chi connectivity index (χ3n) is 6.03. The summed E-state index contributed by atoms with van der Waals surface area (Å²) in [6, 6.07) is 17.7. The van der Waals surface area contributed by atoms with E-state index in [0.717, 1.165) is 9.87 Å². The van der Waals surface area contributed by atoms with Gasteiger partial charge in [0.15, 0.2) is 0 Å². The Morgan fingerprint density at radius 1 is 0.895 bits per heavy atom. The summed E-state index contributed by atoms with van der Waals surface area (Å²) in [6.07, 6.45) is 0. The molecule has 0 heterocycles. The molecule has 38 heavy (non-hydrogen) atoms. The summed E-state index contributed by atoms with van der Waals surface area (Å²) in [5.74, 6) is -0.235. The third kappa shape index (κ3) is 6.25. The SMILES string of the molecule is CCN(CC)C(=O)c1ccccc1NC(=O)CN(c1cc(OC)ccc1OC)S(=O)(=O)c1ccc(C)cc1. The first kappa shape index (κ1) is 28.5. The third-order valence-corrected chi connectivity index (χ3v) is 7.81. The first-order chi connectivity index (χ1) is 18.2. The Morgan fingerprint density at radius 2 is 1.55 bits per heavy atom. The minimum atomic E-state index is -4.20. The van der Waals surface area contributed by atoms with Crippen LogP contribution in [0.4, 0.5) is 11.4 Å². The van der Waals surface area contributed by atoms with E-state index in [4.69, 9.17) is 9.47 Å². The zero-order chi connectivity index (χ0) is 27.9. The predicted octanol–water partition coefficient (Wildman–Crippen LogP) is 4.33. The van der Waals surface area contributed by atoms with Gasteiger partial charge in [0.25, 0.3) is 15.9 Å². The highest BCUT2D eigenvalue weighted by Crippen LogP contribution is 2.35. The van der Waals surface area contributed by atoms with Crippen LogP contribution in [0, 0.1) is 6.92 Å². The van der Waals surface area contributed by atoms with Crippen LogP contribution in [-0.4, -0.2) is 59.0 Å². The number of carbonyl (C=O) groups is 2. The molecule has 2 amide bonds. The van der Waals surface area contributed by atoms with E-state index < -0.39 is 22.5 Å². The fourth-order valence-electron chi connectivity index (χ4n) is 3.91. The summed E-state index contributed by atoms with van der Waals surface area (Å²) in [4.78, 5) is 28.0. The lowest BCUT2D eigenvalue weighted by atomic mass is 10.1. The Labute approximate surface area is 224 Å². The van der Waals surface area contributed by atoms with Gasteiger partial charge in [0.05, 0.1) is 36.1 Å². The maximum atomic E-state index is 13.8. The van der Waals surface area contributed by atoms with E-state index in [1.54, 1.807) is 53.4 Å². The van der Waals surface area contributed by atoms with Crippen molar-refractivity contribution in [2.24, 2.45) is 0 Å². The number of ether oxygens (including phenoxy) is 2. The van der Waals surface area contributed by atoms with Gasteiger partial charge in [-0.1, -0.05) is 29.8 Å². The second-order valence-electron chi connectivity index (χ2n) is 8.43. The van der Waals surface area contributed by atoms with Crippen molar-refractivity contribution in [2.45, 2.75) is 25.7 Å². The Balaban J connectivity index is 2.04. The van der Waals surface area contributed by atoms with Crippen LogP contribution in [0.5, 0.6) is 11.5 Å². The molecule has 1 N–H and O–H groups in total. The fraction of sp³-hybridized carbons (Fsp3) is 0.286. The highest BCUT2D eigenvalue weighted by atomic mass is 32.2. The number of carbonyl (C=O) groups excluding carboxylic acids is 2. The molecule has 10 heteroatoms. The number of amides is 2. The van der Waals surface area contributed by atoms with E-state index in [1.165, 1.54) is 32.4 Å². The lowest BCUT2D eigenvalue weighted by Crippen LogP contribution is -2.39. The molecule has 0 aliphatic carbocycles. The van der Waals surface area contributed by atoms with Crippen LogP contribution >= 0.6 is 0 Å². The maximum Gasteiger partial charge on any atom is 0.264 e. The number of rotatable bonds is 11. The fourth-order valence-corrected chi connectivity index (χ4v) is 5.33. The lowest BCUT2D eigenvalue weighted by Gasteiger charge is -2.26. The zero-order valence-electron chi connectivity index (χ0n) is 22.2. The molecular weight excluding hydrogens is 506 g/mol. The number of aryl methyl sites for hydroxylation is 1. The van der Waals surface area contributed by atoms with Crippen molar-refractivity contribution in [3.8, 4) is 11.5 Å². The Bertz CT molecular complexity index is 1390. The van der Waals surface area contributed by atoms with Crippen LogP contribution < -0.4 is 19.1 Å². The topological polar surface area (TPSA) is 105 Å². The molecule has 0 aromatic heterocycles. The average Bonchev–Trinajstić information content (AvgIpc) is 2.92. The van der Waals surface area contributed by atoms with Crippen molar-refractivity contribution in [3.05, 3.63) is 77.9 Å². The number of hydrogen-bond acceptors (Lipinski definition) is 6. The maximum absolute atomic E-state index is 13.8. The highest BCUT2D eigenvalue weighted by Gasteiger charge is 2.30. The summed E-state index contributed by atoms with van der Waals surface area (Å²) in [7, 11) is -1.33. The number of methoxy groups -OCH3 is 2. The molecule has 0 aliphatic rings. The van der Waals surface area contributed by atoms with Gasteiger partial charge < -0.3 is 19.7 Å². The number of nitrogens with one attached hydrogen (secondary N) is 1. The quantitative estimate of drug-likeness (QED) is 0.389. The minimum absolute atomic E-state index is 0.0119. The molecule has 202 valence electrons. The zero-order valence-corrected chi connectivity index (χ0v) is 23.0. The van der Waals surface area contributed by atoms with Gasteiger partial charge in [-0.3, -0.25) is 13.9 Å². The van der Waals surface area contributed by atoms with E-state index >= 15 is 0 Å². The van der Waals surface area contributed by atoms with Crippen molar-refractivity contribution in [1.82, 2.24) is 4.90 Å². The molecule has 3 rings (SSSR count). The number of sulfonamides is 1. The van der Waals surface area contributed by atoms with Gasteiger partial charge in [0.2, 0.25) is 5.91 Å². The normalized spacial score (nSPS) is 11.0. The van der Waals surface area contributed by atoms with Crippen molar-refractivity contribution in [3.63, 3.8) is 0 Å². The van der Waals surface area contributed by atoms with Gasteiger partial charge in [-0.2, -0.15) is 0 Å². The Kier molecular flexibility index (Phi) is 9.35. The second-order valence-corrected chi connectivity index (χ2v) is 10.3. The van der Waals surface area contributed by atoms with Crippen LogP contribution in [0.2, 0.25) is 0 Å². The van der Waals surface area contributed by atoms with Crippen molar-refractivity contribution in [1.29, 1.82) is 0 Å². The number of para-hydroxylation sites is 1. The van der Waals surface area contributed by atoms with Crippen LogP contribution in [0.15, 0.2) is 71.6 Å². The highest BCUT2D eigenvalue weighted by molar-refractivity contribution is 7.92. The predicted molar refractivity (Wildman–Crippen MR) is 148 cm³/mol. The van der Waals surface area contributed by atoms with Crippen LogP contribution in [0.1, 0.15) is 29.8 Å². The molecule has 3 aromatic rings. The number of benzene rings is 3. The van der Waals surface area contributed by atoms with Crippen LogP contribution in [-0.2, 0) is 14.8 Å². The summed E-state index contributed by atoms with van der Waals surface area (Å²) < 4.78 is 39.4. The minimum Gasteiger partial charge on any atom is -0.497 e. The summed E-state index contributed by atoms with van der Waals surface area (Å²) in [5, 5.41) is 2.73. The molecule has 0 aliphatic heterocycles. The van der Waals surface area contributed by atoms with E-state index in [1.807, 2.05) is 20.8 Å². The first-order valence-electron chi connectivity index (χ1n) is 12.2. The molecule has 0 fully saturated rings. The van der Waals surface area contributed by atoms with E-state index in [-0.39, 0.29) is 22.2 Å². The molecule has 0 atom stereocenters. The summed E-state index contributed by atoms with van der Waals surface area (Å²) in [6.45, 7) is 6.04. The van der Waals surface area contributed by atoms with Gasteiger partial charge in [0, 0.05) is 19.2 Å². The molecule has 0 bridgehead atoms. The summed E-state index contributed by atoms with van der Waals surface area (Å²) >= 11 is 0. The second kappa shape index (κ2) is 12.5. The number of hydrogen-bond donors (Lipinski definition) is 1. The van der Waals surface area contributed by atoms with Crippen LogP contribution in [0.25, 0.3) is 0 Å². The monoisotopic (exact) mass is 539 g/mol. The van der Waals surface area contributed by atoms with Crippen molar-refractivity contribution >= 4 is 33.2 Å². The Hall–Kier alpha value is -4.05. The molecular formula is C28H33N3O6S. The summed E-state index contributed by atoms with van der Waals surface area (Å²) in [5.41, 5.74) is 1.63. The van der Waals surface area contributed by atoms with E-state index in [9.17, 15) is 18.0 Å². The molecule has 9 nitrogen and oxygen atoms in total. The molecule has 0 saturated heterocycles. The van der Waals surface area contributed by atoms with Gasteiger partial charge in [-0.05, 0) is 57.2 Å². The molecule has 0 radical (unpaired) electrons.